The predicted molar refractivity (Wildman–Crippen MR) is 127 cm³/mol. The molecule has 1 aliphatic heterocycles. The highest BCUT2D eigenvalue weighted by Gasteiger charge is 2.23. The van der Waals surface area contributed by atoms with Crippen molar-refractivity contribution >= 4 is 34.8 Å². The van der Waals surface area contributed by atoms with Crippen LogP contribution in [0.4, 0.5) is 17.1 Å². The molecule has 33 heavy (non-hydrogen) atoms. The molecule has 3 rings (SSSR count). The number of anilines is 3. The molecule has 1 fully saturated rings. The van der Waals surface area contributed by atoms with Gasteiger partial charge in [0.15, 0.2) is 0 Å². The summed E-state index contributed by atoms with van der Waals surface area (Å²) in [4.78, 5) is 40.2. The van der Waals surface area contributed by atoms with E-state index >= 15 is 0 Å². The van der Waals surface area contributed by atoms with Crippen LogP contribution in [0.25, 0.3) is 0 Å². The van der Waals surface area contributed by atoms with Crippen LogP contribution in [-0.2, 0) is 14.4 Å². The largest absolute Gasteiger partial charge is 0.371 e. The van der Waals surface area contributed by atoms with E-state index in [1.807, 2.05) is 54.6 Å². The van der Waals surface area contributed by atoms with Crippen molar-refractivity contribution < 1.29 is 14.4 Å². The lowest BCUT2D eigenvalue weighted by molar-refractivity contribution is -0.122. The number of nitrogens with two attached hydrogens (primary N) is 1. The van der Waals surface area contributed by atoms with Gasteiger partial charge in [-0.25, -0.2) is 0 Å². The summed E-state index contributed by atoms with van der Waals surface area (Å²) in [7, 11) is 0. The quantitative estimate of drug-likeness (QED) is 0.612. The Balaban J connectivity index is 1.49. The maximum atomic E-state index is 12.7. The molecule has 3 N–H and O–H groups in total. The van der Waals surface area contributed by atoms with Crippen LogP contribution in [-0.4, -0.2) is 37.4 Å². The van der Waals surface area contributed by atoms with Crippen molar-refractivity contribution in [3.63, 3.8) is 0 Å². The van der Waals surface area contributed by atoms with Crippen molar-refractivity contribution in [2.24, 2.45) is 11.7 Å². The van der Waals surface area contributed by atoms with Gasteiger partial charge in [0.2, 0.25) is 17.7 Å². The molecular weight excluding hydrogens is 418 g/mol. The van der Waals surface area contributed by atoms with Gasteiger partial charge < -0.3 is 20.9 Å². The molecule has 0 aliphatic carbocycles. The summed E-state index contributed by atoms with van der Waals surface area (Å²) in [6.45, 7) is 1.83. The topological polar surface area (TPSA) is 120 Å². The Morgan fingerprint density at radius 3 is 2.30 bits per heavy atom. The molecule has 8 nitrogen and oxygen atoms in total. The van der Waals surface area contributed by atoms with Crippen molar-refractivity contribution in [1.82, 2.24) is 0 Å². The summed E-state index contributed by atoms with van der Waals surface area (Å²) >= 11 is 0. The van der Waals surface area contributed by atoms with Gasteiger partial charge in [-0.05, 0) is 49.2 Å². The normalized spacial score (nSPS) is 13.7. The zero-order valence-electron chi connectivity index (χ0n) is 18.6. The third-order valence-electron chi connectivity index (χ3n) is 5.80. The lowest BCUT2D eigenvalue weighted by atomic mass is 9.96. The summed E-state index contributed by atoms with van der Waals surface area (Å²) < 4.78 is 0. The van der Waals surface area contributed by atoms with Gasteiger partial charge in [0.1, 0.15) is 0 Å². The Kier molecular flexibility index (Phi) is 8.42. The number of carbonyl (C=O) groups excluding carboxylic acids is 3. The van der Waals surface area contributed by atoms with Crippen LogP contribution in [0, 0.1) is 17.2 Å². The molecule has 172 valence electrons. The molecule has 0 unspecified atom stereocenters. The molecule has 0 bridgehead atoms. The first kappa shape index (κ1) is 23.8. The van der Waals surface area contributed by atoms with Crippen molar-refractivity contribution in [1.29, 1.82) is 5.26 Å². The standard InChI is InChI=1S/C25H29N5O3/c26-15-4-16-30(22-5-2-1-3-6-22)24(32)12-11-23(31)28-20-7-9-21(10-8-20)29-17-13-19(14-18-29)25(27)33/h1-3,5-10,19H,4,11-14,16-18H2,(H2,27,33)(H,28,31). The number of rotatable bonds is 9. The Bertz CT molecular complexity index is 993. The molecule has 0 radical (unpaired) electrons. The third kappa shape index (κ3) is 6.81. The fourth-order valence-electron chi connectivity index (χ4n) is 3.92. The van der Waals surface area contributed by atoms with E-state index in [2.05, 4.69) is 16.3 Å². The lowest BCUT2D eigenvalue weighted by Crippen LogP contribution is -2.38. The lowest BCUT2D eigenvalue weighted by Gasteiger charge is -2.32. The first-order valence-electron chi connectivity index (χ1n) is 11.1. The highest BCUT2D eigenvalue weighted by molar-refractivity contribution is 5.98. The van der Waals surface area contributed by atoms with E-state index in [0.29, 0.717) is 17.9 Å². The number of benzene rings is 2. The van der Waals surface area contributed by atoms with E-state index in [9.17, 15) is 14.4 Å². The predicted octanol–water partition coefficient (Wildman–Crippen LogP) is 3.05. The minimum atomic E-state index is -0.244. The number of nitrogens with zero attached hydrogens (tertiary/aromatic N) is 3. The molecule has 0 spiro atoms. The highest BCUT2D eigenvalue weighted by atomic mass is 16.2. The second kappa shape index (κ2) is 11.7. The molecule has 0 saturated carbocycles. The van der Waals surface area contributed by atoms with Crippen molar-refractivity contribution in [3.05, 3.63) is 54.6 Å². The van der Waals surface area contributed by atoms with Gasteiger partial charge >= 0.3 is 0 Å². The molecule has 0 aromatic heterocycles. The molecule has 0 atom stereocenters. The van der Waals surface area contributed by atoms with E-state index in [1.165, 1.54) is 0 Å². The SMILES string of the molecule is N#CCCN(C(=O)CCC(=O)Nc1ccc(N2CCC(C(N)=O)CC2)cc1)c1ccccc1. The van der Waals surface area contributed by atoms with E-state index in [1.54, 1.807) is 4.90 Å². The number of piperidine rings is 1. The van der Waals surface area contributed by atoms with Crippen molar-refractivity contribution in [3.8, 4) is 6.07 Å². The fraction of sp³-hybridized carbons (Fsp3) is 0.360. The molecule has 2 aromatic rings. The maximum Gasteiger partial charge on any atom is 0.227 e. The molecule has 1 saturated heterocycles. The second-order valence-electron chi connectivity index (χ2n) is 8.05. The molecule has 1 heterocycles. The van der Waals surface area contributed by atoms with Gasteiger partial charge in [0.05, 0.1) is 12.5 Å². The highest BCUT2D eigenvalue weighted by Crippen LogP contribution is 2.24. The molecular formula is C25H29N5O3. The number of nitriles is 1. The monoisotopic (exact) mass is 447 g/mol. The van der Waals surface area contributed by atoms with E-state index < -0.39 is 0 Å². The van der Waals surface area contributed by atoms with Crippen LogP contribution >= 0.6 is 0 Å². The molecule has 2 aromatic carbocycles. The number of para-hydroxylation sites is 1. The minimum Gasteiger partial charge on any atom is -0.371 e. The Hall–Kier alpha value is -3.86. The number of hydrogen-bond donors (Lipinski definition) is 2. The van der Waals surface area contributed by atoms with Crippen LogP contribution < -0.4 is 20.9 Å². The zero-order chi connectivity index (χ0) is 23.6. The van der Waals surface area contributed by atoms with Crippen LogP contribution in [0.3, 0.4) is 0 Å². The summed E-state index contributed by atoms with van der Waals surface area (Å²) in [6, 6.07) is 18.7. The summed E-state index contributed by atoms with van der Waals surface area (Å²) in [6.07, 6.45) is 1.82. The van der Waals surface area contributed by atoms with Gasteiger partial charge in [-0.3, -0.25) is 14.4 Å². The van der Waals surface area contributed by atoms with Crippen LogP contribution in [0.15, 0.2) is 54.6 Å². The van der Waals surface area contributed by atoms with E-state index in [0.717, 1.165) is 31.6 Å². The fourth-order valence-corrected chi connectivity index (χ4v) is 3.92. The number of nitrogens with one attached hydrogen (secondary N) is 1. The zero-order valence-corrected chi connectivity index (χ0v) is 18.6. The Morgan fingerprint density at radius 1 is 1.03 bits per heavy atom. The second-order valence-corrected chi connectivity index (χ2v) is 8.05. The first-order chi connectivity index (χ1) is 16.0. The van der Waals surface area contributed by atoms with Crippen molar-refractivity contribution in [2.45, 2.75) is 32.1 Å². The molecule has 1 aliphatic rings. The number of primary amides is 1. The average Bonchev–Trinajstić information content (AvgIpc) is 2.84. The number of amides is 3. The van der Waals surface area contributed by atoms with E-state index in [4.69, 9.17) is 11.0 Å². The maximum absolute atomic E-state index is 12.7. The summed E-state index contributed by atoms with van der Waals surface area (Å²) in [5.74, 6) is -0.726. The van der Waals surface area contributed by atoms with Gasteiger partial charge in [-0.1, -0.05) is 18.2 Å². The van der Waals surface area contributed by atoms with Gasteiger partial charge in [-0.2, -0.15) is 5.26 Å². The Morgan fingerprint density at radius 2 is 1.70 bits per heavy atom. The third-order valence-corrected chi connectivity index (χ3v) is 5.80. The molecule has 3 amide bonds. The van der Waals surface area contributed by atoms with Crippen LogP contribution in [0.2, 0.25) is 0 Å². The van der Waals surface area contributed by atoms with Crippen molar-refractivity contribution in [2.75, 3.05) is 34.8 Å². The van der Waals surface area contributed by atoms with Gasteiger partial charge in [0.25, 0.3) is 0 Å². The summed E-state index contributed by atoms with van der Waals surface area (Å²) in [5, 5.41) is 11.7. The smallest absolute Gasteiger partial charge is 0.227 e. The average molecular weight is 448 g/mol. The summed E-state index contributed by atoms with van der Waals surface area (Å²) in [5.41, 5.74) is 7.80. The van der Waals surface area contributed by atoms with Crippen LogP contribution in [0.1, 0.15) is 32.1 Å². The van der Waals surface area contributed by atoms with Crippen LogP contribution in [0.5, 0.6) is 0 Å². The number of carbonyl (C=O) groups is 3. The minimum absolute atomic E-state index is 0.0527. The molecule has 8 heteroatoms. The van der Waals surface area contributed by atoms with Gasteiger partial charge in [0, 0.05) is 55.5 Å². The Labute approximate surface area is 194 Å². The van der Waals surface area contributed by atoms with E-state index in [-0.39, 0.29) is 42.9 Å². The first-order valence-corrected chi connectivity index (χ1v) is 11.1. The van der Waals surface area contributed by atoms with Gasteiger partial charge in [-0.15, -0.1) is 0 Å². The number of hydrogen-bond acceptors (Lipinski definition) is 5.